The first kappa shape index (κ1) is 9.76. The van der Waals surface area contributed by atoms with Crippen molar-refractivity contribution in [2.45, 2.75) is 5.92 Å². The van der Waals surface area contributed by atoms with Gasteiger partial charge in [-0.05, 0) is 46.4 Å². The van der Waals surface area contributed by atoms with Crippen molar-refractivity contribution in [2.24, 2.45) is 0 Å². The van der Waals surface area contributed by atoms with Crippen LogP contribution in [0, 0.1) is 3.57 Å². The molecule has 0 N–H and O–H groups in total. The van der Waals surface area contributed by atoms with Crippen LogP contribution in [-0.4, -0.2) is 19.7 Å². The van der Waals surface area contributed by atoms with Gasteiger partial charge in [0.25, 0.3) is 0 Å². The third-order valence-corrected chi connectivity index (χ3v) is 3.24. The van der Waals surface area contributed by atoms with E-state index < -0.39 is 0 Å². The summed E-state index contributed by atoms with van der Waals surface area (Å²) in [6.45, 7) is 0.488. The first-order valence-corrected chi connectivity index (χ1v) is 5.30. The Labute approximate surface area is 95.5 Å². The molecule has 1 atom stereocenters. The molecule has 1 saturated heterocycles. The van der Waals surface area contributed by atoms with Gasteiger partial charge >= 0.3 is 5.97 Å². The predicted molar refractivity (Wildman–Crippen MR) is 59.4 cm³/mol. The summed E-state index contributed by atoms with van der Waals surface area (Å²) in [7, 11) is 1.62. The third-order valence-electron chi connectivity index (χ3n) is 2.26. The monoisotopic (exact) mass is 304 g/mol. The number of methoxy groups -OCH3 is 1. The molecule has 4 heteroatoms. The number of rotatable bonds is 2. The topological polar surface area (TPSA) is 35.5 Å². The van der Waals surface area contributed by atoms with Crippen LogP contribution >= 0.6 is 22.6 Å². The van der Waals surface area contributed by atoms with Crippen LogP contribution in [0.1, 0.15) is 11.5 Å². The van der Waals surface area contributed by atoms with E-state index in [4.69, 9.17) is 9.47 Å². The molecule has 2 rings (SSSR count). The summed E-state index contributed by atoms with van der Waals surface area (Å²) in [4.78, 5) is 11.1. The van der Waals surface area contributed by atoms with E-state index in [0.717, 1.165) is 14.9 Å². The fourth-order valence-electron chi connectivity index (χ4n) is 1.37. The Morgan fingerprint density at radius 3 is 2.86 bits per heavy atom. The Kier molecular flexibility index (Phi) is 2.62. The van der Waals surface area contributed by atoms with Gasteiger partial charge in [0, 0.05) is 3.57 Å². The van der Waals surface area contributed by atoms with Crippen molar-refractivity contribution < 1.29 is 14.3 Å². The number of carbonyl (C=O) groups is 1. The van der Waals surface area contributed by atoms with Crippen molar-refractivity contribution in [2.75, 3.05) is 13.7 Å². The van der Waals surface area contributed by atoms with Crippen LogP contribution in [0.2, 0.25) is 0 Å². The molecular weight excluding hydrogens is 295 g/mol. The van der Waals surface area contributed by atoms with Gasteiger partial charge < -0.3 is 9.47 Å². The van der Waals surface area contributed by atoms with Gasteiger partial charge in [0.05, 0.1) is 7.11 Å². The second-order valence-electron chi connectivity index (χ2n) is 3.07. The van der Waals surface area contributed by atoms with E-state index in [1.165, 1.54) is 0 Å². The molecule has 14 heavy (non-hydrogen) atoms. The molecule has 1 fully saturated rings. The van der Waals surface area contributed by atoms with Crippen molar-refractivity contribution in [3.05, 3.63) is 27.3 Å². The van der Waals surface area contributed by atoms with Crippen molar-refractivity contribution in [3.8, 4) is 5.75 Å². The number of carbonyl (C=O) groups excluding carboxylic acids is 1. The van der Waals surface area contributed by atoms with Gasteiger partial charge in [-0.15, -0.1) is 0 Å². The molecule has 0 unspecified atom stereocenters. The molecule has 0 bridgehead atoms. The van der Waals surface area contributed by atoms with Gasteiger partial charge in [0.1, 0.15) is 18.3 Å². The zero-order valence-electron chi connectivity index (χ0n) is 7.62. The minimum atomic E-state index is -0.142. The Bertz CT molecular complexity index is 376. The second kappa shape index (κ2) is 3.76. The Morgan fingerprint density at radius 1 is 1.57 bits per heavy atom. The number of ether oxygens (including phenoxy) is 2. The van der Waals surface area contributed by atoms with Crippen molar-refractivity contribution in [3.63, 3.8) is 0 Å². The SMILES string of the molecule is COc1ccc(I)c([C@@H]2COC2=O)c1. The zero-order valence-corrected chi connectivity index (χ0v) is 9.78. The van der Waals surface area contributed by atoms with E-state index in [1.807, 2.05) is 18.2 Å². The highest BCUT2D eigenvalue weighted by Gasteiger charge is 2.33. The second-order valence-corrected chi connectivity index (χ2v) is 4.23. The van der Waals surface area contributed by atoms with Crippen LogP contribution in [0.15, 0.2) is 18.2 Å². The highest BCUT2D eigenvalue weighted by atomic mass is 127. The number of benzene rings is 1. The third kappa shape index (κ3) is 1.58. The molecule has 0 spiro atoms. The summed E-state index contributed by atoms with van der Waals surface area (Å²) in [5.41, 5.74) is 1.00. The Balaban J connectivity index is 2.35. The number of cyclic esters (lactones) is 1. The molecule has 0 saturated carbocycles. The molecule has 74 valence electrons. The van der Waals surface area contributed by atoms with Gasteiger partial charge in [-0.3, -0.25) is 4.79 Å². The quantitative estimate of drug-likeness (QED) is 0.619. The van der Waals surface area contributed by atoms with Gasteiger partial charge in [-0.2, -0.15) is 0 Å². The zero-order chi connectivity index (χ0) is 10.1. The summed E-state index contributed by atoms with van der Waals surface area (Å²) >= 11 is 2.21. The van der Waals surface area contributed by atoms with Gasteiger partial charge in [-0.25, -0.2) is 0 Å². The van der Waals surface area contributed by atoms with Crippen LogP contribution in [0.5, 0.6) is 5.75 Å². The van der Waals surface area contributed by atoms with E-state index in [-0.39, 0.29) is 11.9 Å². The fraction of sp³-hybridized carbons (Fsp3) is 0.300. The summed E-state index contributed by atoms with van der Waals surface area (Å²) in [5.74, 6) is 0.535. The van der Waals surface area contributed by atoms with E-state index in [9.17, 15) is 4.79 Å². The number of halogens is 1. The van der Waals surface area contributed by atoms with E-state index in [1.54, 1.807) is 7.11 Å². The summed E-state index contributed by atoms with van der Waals surface area (Å²) in [5, 5.41) is 0. The van der Waals surface area contributed by atoms with Gasteiger partial charge in [0.2, 0.25) is 0 Å². The van der Waals surface area contributed by atoms with Crippen LogP contribution in [0.3, 0.4) is 0 Å². The maximum absolute atomic E-state index is 11.1. The number of esters is 1. The van der Waals surface area contributed by atoms with E-state index in [0.29, 0.717) is 6.61 Å². The van der Waals surface area contributed by atoms with Crippen LogP contribution in [-0.2, 0) is 9.53 Å². The molecule has 1 aromatic carbocycles. The maximum atomic E-state index is 11.1. The van der Waals surface area contributed by atoms with Crippen LogP contribution < -0.4 is 4.74 Å². The molecule has 3 nitrogen and oxygen atoms in total. The molecule has 1 aliphatic rings. The lowest BCUT2D eigenvalue weighted by molar-refractivity contribution is -0.161. The van der Waals surface area contributed by atoms with Crippen LogP contribution in [0.25, 0.3) is 0 Å². The average Bonchev–Trinajstić information content (AvgIpc) is 2.19. The van der Waals surface area contributed by atoms with E-state index in [2.05, 4.69) is 22.6 Å². The normalized spacial score (nSPS) is 19.9. The van der Waals surface area contributed by atoms with E-state index >= 15 is 0 Å². The highest BCUT2D eigenvalue weighted by molar-refractivity contribution is 14.1. The lowest BCUT2D eigenvalue weighted by Crippen LogP contribution is -2.32. The molecule has 1 heterocycles. The van der Waals surface area contributed by atoms with Crippen LogP contribution in [0.4, 0.5) is 0 Å². The van der Waals surface area contributed by atoms with Crippen molar-refractivity contribution in [1.82, 2.24) is 0 Å². The standard InChI is InChI=1S/C10H9IO3/c1-13-6-2-3-9(11)7(4-6)8-5-14-10(8)12/h2-4,8H,5H2,1H3/t8-/m0/s1. The molecule has 1 aliphatic heterocycles. The first-order valence-electron chi connectivity index (χ1n) is 4.22. The Hall–Kier alpha value is -0.780. The average molecular weight is 304 g/mol. The minimum Gasteiger partial charge on any atom is -0.497 e. The smallest absolute Gasteiger partial charge is 0.316 e. The molecule has 0 aromatic heterocycles. The van der Waals surface area contributed by atoms with Crippen molar-refractivity contribution >= 4 is 28.6 Å². The summed E-state index contributed by atoms with van der Waals surface area (Å²) in [6.07, 6.45) is 0. The lowest BCUT2D eigenvalue weighted by atomic mass is 9.97. The minimum absolute atomic E-state index is 0.100. The van der Waals surface area contributed by atoms with Gasteiger partial charge in [-0.1, -0.05) is 0 Å². The van der Waals surface area contributed by atoms with Gasteiger partial charge in [0.15, 0.2) is 0 Å². The molecule has 1 aromatic rings. The fourth-order valence-corrected chi connectivity index (χ4v) is 2.08. The molecule has 0 aliphatic carbocycles. The number of hydrogen-bond acceptors (Lipinski definition) is 3. The van der Waals surface area contributed by atoms with Crippen molar-refractivity contribution in [1.29, 1.82) is 0 Å². The lowest BCUT2D eigenvalue weighted by Gasteiger charge is -2.25. The summed E-state index contributed by atoms with van der Waals surface area (Å²) < 4.78 is 10.9. The largest absolute Gasteiger partial charge is 0.497 e. The predicted octanol–water partition coefficient (Wildman–Crippen LogP) is 1.94. The first-order chi connectivity index (χ1) is 6.72. The molecule has 0 amide bonds. The molecule has 0 radical (unpaired) electrons. The number of hydrogen-bond donors (Lipinski definition) is 0. The Morgan fingerprint density at radius 2 is 2.36 bits per heavy atom. The highest BCUT2D eigenvalue weighted by Crippen LogP contribution is 2.31. The maximum Gasteiger partial charge on any atom is 0.316 e. The summed E-state index contributed by atoms with van der Waals surface area (Å²) in [6, 6.07) is 5.72. The molecular formula is C10H9IO3.